The van der Waals surface area contributed by atoms with Gasteiger partial charge in [-0.15, -0.1) is 0 Å². The Morgan fingerprint density at radius 3 is 2.61 bits per heavy atom. The molecule has 1 heteroatoms. The van der Waals surface area contributed by atoms with E-state index < -0.39 is 0 Å². The van der Waals surface area contributed by atoms with Crippen molar-refractivity contribution in [3.8, 4) is 0 Å². The summed E-state index contributed by atoms with van der Waals surface area (Å²) < 4.78 is 0. The van der Waals surface area contributed by atoms with Gasteiger partial charge in [-0.05, 0) is 50.0 Å². The summed E-state index contributed by atoms with van der Waals surface area (Å²) in [7, 11) is 0. The molecule has 1 fully saturated rings. The van der Waals surface area contributed by atoms with E-state index in [4.69, 9.17) is 0 Å². The lowest BCUT2D eigenvalue weighted by Crippen LogP contribution is -2.35. The summed E-state index contributed by atoms with van der Waals surface area (Å²) in [6.45, 7) is 7.11. The highest BCUT2D eigenvalue weighted by Gasteiger charge is 2.31. The molecular weight excluding hydrogens is 218 g/mol. The van der Waals surface area contributed by atoms with Crippen LogP contribution in [0.3, 0.4) is 0 Å². The number of hydrogen-bond acceptors (Lipinski definition) is 1. The molecule has 0 bridgehead atoms. The topological polar surface area (TPSA) is 12.0 Å². The predicted octanol–water partition coefficient (Wildman–Crippen LogP) is 4.18. The van der Waals surface area contributed by atoms with E-state index >= 15 is 0 Å². The van der Waals surface area contributed by atoms with E-state index in [0.29, 0.717) is 11.5 Å². The summed E-state index contributed by atoms with van der Waals surface area (Å²) in [5.41, 5.74) is 2.01. The third kappa shape index (κ3) is 4.13. The number of nitrogens with one attached hydrogen (secondary N) is 1. The van der Waals surface area contributed by atoms with Crippen LogP contribution in [0.25, 0.3) is 0 Å². The van der Waals surface area contributed by atoms with Gasteiger partial charge in [-0.3, -0.25) is 0 Å². The van der Waals surface area contributed by atoms with Gasteiger partial charge in [-0.1, -0.05) is 44.2 Å². The molecule has 0 amide bonds. The zero-order valence-electron chi connectivity index (χ0n) is 12.1. The Morgan fingerprint density at radius 2 is 2.00 bits per heavy atom. The quantitative estimate of drug-likeness (QED) is 0.820. The predicted molar refractivity (Wildman–Crippen MR) is 78.8 cm³/mol. The van der Waals surface area contributed by atoms with Crippen molar-refractivity contribution in [2.24, 2.45) is 5.41 Å². The number of aryl methyl sites for hydroxylation is 1. The van der Waals surface area contributed by atoms with Crippen LogP contribution in [0, 0.1) is 5.41 Å². The molecule has 1 N–H and O–H groups in total. The van der Waals surface area contributed by atoms with Crippen LogP contribution in [0.2, 0.25) is 0 Å². The molecule has 0 heterocycles. The summed E-state index contributed by atoms with van der Waals surface area (Å²) in [4.78, 5) is 0. The Morgan fingerprint density at radius 1 is 1.28 bits per heavy atom. The van der Waals surface area contributed by atoms with Crippen molar-refractivity contribution in [1.82, 2.24) is 5.32 Å². The second kappa shape index (κ2) is 5.88. The SMILES string of the molecule is CC(CCc1ccccc1)NC1CCC(C)(C)C1. The van der Waals surface area contributed by atoms with Crippen molar-refractivity contribution in [2.75, 3.05) is 0 Å². The monoisotopic (exact) mass is 245 g/mol. The fourth-order valence-electron chi connectivity index (χ4n) is 3.09. The van der Waals surface area contributed by atoms with Crippen molar-refractivity contribution >= 4 is 0 Å². The van der Waals surface area contributed by atoms with Crippen LogP contribution in [0.4, 0.5) is 0 Å². The van der Waals surface area contributed by atoms with Crippen molar-refractivity contribution in [3.63, 3.8) is 0 Å². The Kier molecular flexibility index (Phi) is 4.45. The third-order valence-corrected chi connectivity index (χ3v) is 4.20. The fraction of sp³-hybridized carbons (Fsp3) is 0.647. The smallest absolute Gasteiger partial charge is 0.00748 e. The van der Waals surface area contributed by atoms with E-state index in [1.807, 2.05) is 0 Å². The minimum atomic E-state index is 0.552. The van der Waals surface area contributed by atoms with E-state index in [9.17, 15) is 0 Å². The van der Waals surface area contributed by atoms with E-state index in [1.165, 1.54) is 37.7 Å². The van der Waals surface area contributed by atoms with Gasteiger partial charge >= 0.3 is 0 Å². The van der Waals surface area contributed by atoms with Crippen LogP contribution in [0.1, 0.15) is 52.0 Å². The van der Waals surface area contributed by atoms with E-state index in [2.05, 4.69) is 56.4 Å². The molecule has 0 aliphatic heterocycles. The van der Waals surface area contributed by atoms with Gasteiger partial charge in [0.1, 0.15) is 0 Å². The van der Waals surface area contributed by atoms with Crippen LogP contribution in [-0.4, -0.2) is 12.1 Å². The van der Waals surface area contributed by atoms with Gasteiger partial charge in [-0.25, -0.2) is 0 Å². The van der Waals surface area contributed by atoms with Gasteiger partial charge in [0.05, 0.1) is 0 Å². The normalized spacial score (nSPS) is 24.1. The molecule has 1 aromatic carbocycles. The highest BCUT2D eigenvalue weighted by atomic mass is 14.9. The second-order valence-electron chi connectivity index (χ2n) is 6.70. The average molecular weight is 245 g/mol. The van der Waals surface area contributed by atoms with Gasteiger partial charge in [-0.2, -0.15) is 0 Å². The van der Waals surface area contributed by atoms with Crippen molar-refractivity contribution in [2.45, 2.75) is 65.0 Å². The maximum Gasteiger partial charge on any atom is 0.00748 e. The first-order valence-corrected chi connectivity index (χ1v) is 7.35. The van der Waals surface area contributed by atoms with E-state index in [1.54, 1.807) is 0 Å². The molecule has 2 rings (SSSR count). The first-order chi connectivity index (χ1) is 8.55. The average Bonchev–Trinajstić information content (AvgIpc) is 2.67. The molecule has 1 saturated carbocycles. The molecule has 1 aliphatic carbocycles. The minimum absolute atomic E-state index is 0.552. The van der Waals surface area contributed by atoms with Gasteiger partial charge in [0.2, 0.25) is 0 Å². The molecule has 100 valence electrons. The molecule has 0 radical (unpaired) electrons. The number of hydrogen-bond donors (Lipinski definition) is 1. The lowest BCUT2D eigenvalue weighted by Gasteiger charge is -2.21. The fourth-order valence-corrected chi connectivity index (χ4v) is 3.09. The molecule has 2 unspecified atom stereocenters. The minimum Gasteiger partial charge on any atom is -0.311 e. The lowest BCUT2D eigenvalue weighted by molar-refractivity contribution is 0.351. The van der Waals surface area contributed by atoms with Crippen LogP contribution >= 0.6 is 0 Å². The number of benzene rings is 1. The Hall–Kier alpha value is -0.820. The van der Waals surface area contributed by atoms with Crippen LogP contribution in [0.5, 0.6) is 0 Å². The number of rotatable bonds is 5. The molecule has 18 heavy (non-hydrogen) atoms. The van der Waals surface area contributed by atoms with Crippen LogP contribution in [-0.2, 0) is 6.42 Å². The Balaban J connectivity index is 1.71. The van der Waals surface area contributed by atoms with Crippen molar-refractivity contribution in [1.29, 1.82) is 0 Å². The maximum atomic E-state index is 3.80. The first-order valence-electron chi connectivity index (χ1n) is 7.35. The van der Waals surface area contributed by atoms with Crippen LogP contribution in [0.15, 0.2) is 30.3 Å². The molecule has 1 aliphatic rings. The molecule has 0 aromatic heterocycles. The second-order valence-corrected chi connectivity index (χ2v) is 6.70. The summed E-state index contributed by atoms with van der Waals surface area (Å²) in [6, 6.07) is 12.2. The maximum absolute atomic E-state index is 3.80. The Labute approximate surface area is 112 Å². The zero-order chi connectivity index (χ0) is 13.0. The summed E-state index contributed by atoms with van der Waals surface area (Å²) in [5, 5.41) is 3.80. The van der Waals surface area contributed by atoms with Crippen molar-refractivity contribution in [3.05, 3.63) is 35.9 Å². The largest absolute Gasteiger partial charge is 0.311 e. The summed E-state index contributed by atoms with van der Waals surface area (Å²) in [5.74, 6) is 0. The molecule has 2 atom stereocenters. The molecule has 0 saturated heterocycles. The molecular formula is C17H27N. The van der Waals surface area contributed by atoms with Gasteiger partial charge in [0, 0.05) is 12.1 Å². The van der Waals surface area contributed by atoms with Crippen molar-refractivity contribution < 1.29 is 0 Å². The summed E-state index contributed by atoms with van der Waals surface area (Å²) >= 11 is 0. The standard InChI is InChI=1S/C17H27N/c1-14(9-10-15-7-5-4-6-8-15)18-16-11-12-17(2,3)13-16/h4-8,14,16,18H,9-13H2,1-3H3. The van der Waals surface area contributed by atoms with Gasteiger partial charge < -0.3 is 5.32 Å². The first kappa shape index (κ1) is 13.6. The van der Waals surface area contributed by atoms with Gasteiger partial charge in [0.15, 0.2) is 0 Å². The van der Waals surface area contributed by atoms with E-state index in [0.717, 1.165) is 6.04 Å². The highest BCUT2D eigenvalue weighted by Crippen LogP contribution is 2.37. The zero-order valence-corrected chi connectivity index (χ0v) is 12.1. The lowest BCUT2D eigenvalue weighted by atomic mass is 9.91. The van der Waals surface area contributed by atoms with Crippen LogP contribution < -0.4 is 5.32 Å². The molecule has 0 spiro atoms. The van der Waals surface area contributed by atoms with E-state index in [-0.39, 0.29) is 0 Å². The summed E-state index contributed by atoms with van der Waals surface area (Å²) in [6.07, 6.45) is 6.48. The molecule has 1 aromatic rings. The Bertz CT molecular complexity index is 355. The third-order valence-electron chi connectivity index (χ3n) is 4.20. The van der Waals surface area contributed by atoms with Gasteiger partial charge in [0.25, 0.3) is 0 Å². The molecule has 1 nitrogen and oxygen atoms in total. The highest BCUT2D eigenvalue weighted by molar-refractivity contribution is 5.14.